The first-order valence-electron chi connectivity index (χ1n) is 17.2. The number of methoxy groups -OCH3 is 1. The summed E-state index contributed by atoms with van der Waals surface area (Å²) in [5.41, 5.74) is 8.13. The van der Waals surface area contributed by atoms with E-state index in [0.29, 0.717) is 36.2 Å². The number of hydrogen-bond acceptors (Lipinski definition) is 5. The molecule has 4 aliphatic carbocycles. The van der Waals surface area contributed by atoms with Crippen LogP contribution in [0.5, 0.6) is 0 Å². The van der Waals surface area contributed by atoms with Crippen molar-refractivity contribution in [1.82, 2.24) is 4.98 Å². The Kier molecular flexibility index (Phi) is 5.95. The summed E-state index contributed by atoms with van der Waals surface area (Å²) < 4.78 is 17.9. The van der Waals surface area contributed by atoms with Gasteiger partial charge in [-0.25, -0.2) is 4.79 Å². The maximum absolute atomic E-state index is 12.2. The fourth-order valence-electron chi connectivity index (χ4n) is 12.0. The summed E-state index contributed by atoms with van der Waals surface area (Å²) in [6.07, 6.45) is 10.5. The second kappa shape index (κ2) is 8.93. The molecule has 0 radical (unpaired) electrons. The lowest BCUT2D eigenvalue weighted by Gasteiger charge is -2.65. The number of aliphatic hydroxyl groups is 1. The highest BCUT2D eigenvalue weighted by molar-refractivity contribution is 5.93. The van der Waals surface area contributed by atoms with Crippen LogP contribution in [0, 0.1) is 28.6 Å². The minimum absolute atomic E-state index is 0.00646. The molecule has 0 spiro atoms. The minimum atomic E-state index is -1.20. The number of aromatic amines is 1. The standard InChI is InChI=1S/C39H51NO5/c1-21(33(41)43-9)14-24-19-37(7)31-11-10-23-17-27-26-18-25-22(15-29-28(25)20-34(2,3)45-35(29,4)5)16-30(26)40-32(27)38(23,8)36(31,6)12-13-39(37,42)44-24/h14,16,18,20,23-24,29,31,40,42H,10-13,15,17,19H2,1-9H3/b21-14+/t23-,24+,29-,31+,36-,37-,38+,39-/m0/s1. The van der Waals surface area contributed by atoms with Crippen molar-refractivity contribution in [2.45, 2.75) is 129 Å². The van der Waals surface area contributed by atoms with Crippen molar-refractivity contribution in [2.75, 3.05) is 7.11 Å². The van der Waals surface area contributed by atoms with Crippen LogP contribution >= 0.6 is 0 Å². The lowest BCUT2D eigenvalue weighted by Crippen LogP contribution is -2.65. The number of nitrogens with one attached hydrogen (secondary N) is 1. The zero-order valence-corrected chi connectivity index (χ0v) is 28.6. The summed E-state index contributed by atoms with van der Waals surface area (Å²) in [6, 6.07) is 4.95. The molecule has 0 amide bonds. The van der Waals surface area contributed by atoms with E-state index in [1.165, 1.54) is 46.0 Å². The van der Waals surface area contributed by atoms with Gasteiger partial charge in [-0.3, -0.25) is 0 Å². The van der Waals surface area contributed by atoms with Crippen molar-refractivity contribution < 1.29 is 24.1 Å². The molecule has 6 heteroatoms. The molecule has 1 saturated heterocycles. The molecule has 8 rings (SSSR count). The average molecular weight is 614 g/mol. The zero-order chi connectivity index (χ0) is 32.1. The number of esters is 1. The first-order chi connectivity index (χ1) is 21.0. The van der Waals surface area contributed by atoms with Gasteiger partial charge in [-0.1, -0.05) is 20.8 Å². The fourth-order valence-corrected chi connectivity index (χ4v) is 12.0. The van der Waals surface area contributed by atoms with Crippen LogP contribution in [0.15, 0.2) is 29.9 Å². The number of carbonyl (C=O) groups is 1. The van der Waals surface area contributed by atoms with Gasteiger partial charge < -0.3 is 24.3 Å². The quantitative estimate of drug-likeness (QED) is 0.270. The molecule has 1 aromatic heterocycles. The Balaban J connectivity index is 1.19. The van der Waals surface area contributed by atoms with Crippen LogP contribution in [0.2, 0.25) is 0 Å². The first kappa shape index (κ1) is 30.0. The smallest absolute Gasteiger partial charge is 0.333 e. The van der Waals surface area contributed by atoms with Crippen LogP contribution in [-0.2, 0) is 37.3 Å². The van der Waals surface area contributed by atoms with Gasteiger partial charge in [0.25, 0.3) is 0 Å². The van der Waals surface area contributed by atoms with E-state index in [9.17, 15) is 9.90 Å². The molecule has 1 aromatic carbocycles. The summed E-state index contributed by atoms with van der Waals surface area (Å²) in [5, 5.41) is 13.5. The lowest BCUT2D eigenvalue weighted by molar-refractivity contribution is -0.294. The molecular formula is C39H51NO5. The second-order valence-electron chi connectivity index (χ2n) is 17.3. The predicted molar refractivity (Wildman–Crippen MR) is 176 cm³/mol. The maximum Gasteiger partial charge on any atom is 0.333 e. The predicted octanol–water partition coefficient (Wildman–Crippen LogP) is 7.55. The van der Waals surface area contributed by atoms with E-state index >= 15 is 0 Å². The summed E-state index contributed by atoms with van der Waals surface area (Å²) in [6.45, 7) is 18.0. The van der Waals surface area contributed by atoms with Crippen LogP contribution in [0.1, 0.15) is 110 Å². The number of benzene rings is 1. The maximum atomic E-state index is 12.2. The topological polar surface area (TPSA) is 80.8 Å². The third kappa shape index (κ3) is 3.71. The molecule has 45 heavy (non-hydrogen) atoms. The van der Waals surface area contributed by atoms with Crippen LogP contribution in [-0.4, -0.2) is 46.3 Å². The molecule has 242 valence electrons. The fraction of sp³-hybridized carbons (Fsp3) is 0.667. The van der Waals surface area contributed by atoms with Gasteiger partial charge in [0.05, 0.1) is 24.4 Å². The molecule has 8 atom stereocenters. The highest BCUT2D eigenvalue weighted by Gasteiger charge is 2.72. The van der Waals surface area contributed by atoms with Gasteiger partial charge in [0, 0.05) is 45.3 Å². The highest BCUT2D eigenvalue weighted by atomic mass is 16.6. The molecule has 3 heterocycles. The van der Waals surface area contributed by atoms with Gasteiger partial charge in [0.1, 0.15) is 0 Å². The van der Waals surface area contributed by atoms with Gasteiger partial charge in [0.2, 0.25) is 0 Å². The van der Waals surface area contributed by atoms with E-state index in [-0.39, 0.29) is 34.1 Å². The molecule has 2 aliphatic heterocycles. The second-order valence-corrected chi connectivity index (χ2v) is 17.3. The summed E-state index contributed by atoms with van der Waals surface area (Å²) in [7, 11) is 1.41. The third-order valence-electron chi connectivity index (χ3n) is 14.2. The lowest BCUT2D eigenvalue weighted by atomic mass is 9.40. The third-order valence-corrected chi connectivity index (χ3v) is 14.2. The van der Waals surface area contributed by atoms with Gasteiger partial charge >= 0.3 is 5.97 Å². The van der Waals surface area contributed by atoms with E-state index in [1.807, 2.05) is 6.08 Å². The number of fused-ring (bicyclic) bond motifs is 12. The van der Waals surface area contributed by atoms with Gasteiger partial charge in [-0.2, -0.15) is 0 Å². The molecule has 2 aromatic rings. The normalized spacial score (nSPS) is 42.3. The molecule has 3 fully saturated rings. The summed E-state index contributed by atoms with van der Waals surface area (Å²) in [4.78, 5) is 16.2. The Morgan fingerprint density at radius 2 is 1.80 bits per heavy atom. The zero-order valence-electron chi connectivity index (χ0n) is 28.6. The van der Waals surface area contributed by atoms with E-state index in [1.54, 1.807) is 6.92 Å². The van der Waals surface area contributed by atoms with Crippen molar-refractivity contribution >= 4 is 22.4 Å². The number of hydrogen-bond donors (Lipinski definition) is 2. The van der Waals surface area contributed by atoms with Crippen molar-refractivity contribution in [3.8, 4) is 0 Å². The summed E-state index contributed by atoms with van der Waals surface area (Å²) >= 11 is 0. The first-order valence-corrected chi connectivity index (χ1v) is 17.2. The van der Waals surface area contributed by atoms with Gasteiger partial charge in [0.15, 0.2) is 5.79 Å². The minimum Gasteiger partial charge on any atom is -0.466 e. The average Bonchev–Trinajstić information content (AvgIpc) is 3.64. The van der Waals surface area contributed by atoms with E-state index in [0.717, 1.165) is 32.1 Å². The van der Waals surface area contributed by atoms with Gasteiger partial charge in [-0.05, 0) is 137 Å². The number of aromatic nitrogens is 1. The number of carbonyl (C=O) groups excluding carboxylic acids is 1. The Hall–Kier alpha value is -2.41. The van der Waals surface area contributed by atoms with E-state index in [4.69, 9.17) is 14.2 Å². The molecular weight excluding hydrogens is 562 g/mol. The van der Waals surface area contributed by atoms with Crippen molar-refractivity contribution in [3.63, 3.8) is 0 Å². The SMILES string of the molecule is COC(=O)/C(C)=C/[C@@H]1C[C@@]2(C)[C@@H]3CC[C@H]4Cc5c([nH]c6cc7c(cc56)C5=CC(C)(C)OC(C)(C)[C@H]5C7)[C@]4(C)[C@@]3(C)CC[C@]2(O)O1. The van der Waals surface area contributed by atoms with Crippen LogP contribution < -0.4 is 0 Å². The number of ether oxygens (including phenoxy) is 3. The van der Waals surface area contributed by atoms with Crippen molar-refractivity contribution in [1.29, 1.82) is 0 Å². The molecule has 0 unspecified atom stereocenters. The summed E-state index contributed by atoms with van der Waals surface area (Å²) in [5.74, 6) is -0.300. The molecule has 0 bridgehead atoms. The van der Waals surface area contributed by atoms with Crippen LogP contribution in [0.25, 0.3) is 16.5 Å². The Bertz CT molecular complexity index is 1710. The van der Waals surface area contributed by atoms with Crippen LogP contribution in [0.4, 0.5) is 0 Å². The van der Waals surface area contributed by atoms with Crippen molar-refractivity contribution in [2.24, 2.45) is 28.6 Å². The molecule has 2 N–H and O–H groups in total. The Labute approximate surface area is 268 Å². The van der Waals surface area contributed by atoms with Crippen molar-refractivity contribution in [3.05, 3.63) is 52.2 Å². The molecule has 6 nitrogen and oxygen atoms in total. The number of rotatable bonds is 2. The largest absolute Gasteiger partial charge is 0.466 e. The Morgan fingerprint density at radius 3 is 2.53 bits per heavy atom. The monoisotopic (exact) mass is 613 g/mol. The Morgan fingerprint density at radius 1 is 1.04 bits per heavy atom. The molecule has 2 saturated carbocycles. The van der Waals surface area contributed by atoms with E-state index < -0.39 is 11.2 Å². The highest BCUT2D eigenvalue weighted by Crippen LogP contribution is 2.73. The molecule has 6 aliphatic rings. The van der Waals surface area contributed by atoms with Gasteiger partial charge in [-0.15, -0.1) is 0 Å². The number of H-pyrrole nitrogens is 1. The van der Waals surface area contributed by atoms with E-state index in [2.05, 4.69) is 71.7 Å². The van der Waals surface area contributed by atoms with Crippen LogP contribution in [0.3, 0.4) is 0 Å².